The molecule has 0 atom stereocenters. The van der Waals surface area contributed by atoms with Crippen molar-refractivity contribution in [2.75, 3.05) is 38.0 Å². The number of rotatable bonds is 10. The van der Waals surface area contributed by atoms with Crippen molar-refractivity contribution in [1.29, 1.82) is 0 Å². The molecule has 3 rings (SSSR count). The van der Waals surface area contributed by atoms with Crippen molar-refractivity contribution in [2.45, 2.75) is 27.2 Å². The van der Waals surface area contributed by atoms with Crippen molar-refractivity contribution in [1.82, 2.24) is 19.8 Å². The molecule has 0 aliphatic rings. The molecule has 6 nitrogen and oxygen atoms in total. The summed E-state index contributed by atoms with van der Waals surface area (Å²) in [5, 5.41) is 4.20. The van der Waals surface area contributed by atoms with Crippen molar-refractivity contribution >= 4 is 28.3 Å². The number of hydrogen-bond donors (Lipinski definition) is 1. The number of nitrogens with zero attached hydrogens (tertiary/aromatic N) is 4. The van der Waals surface area contributed by atoms with E-state index in [1.807, 2.05) is 54.3 Å². The second-order valence-corrected chi connectivity index (χ2v) is 7.60. The molecule has 0 bridgehead atoms. The average Bonchev–Trinajstić information content (AvgIpc) is 2.82. The molecule has 0 radical (unpaired) electrons. The molecule has 1 amide bonds. The summed E-state index contributed by atoms with van der Waals surface area (Å²) in [6.45, 7) is 10.6. The maximum absolute atomic E-state index is 13.0. The first-order chi connectivity index (χ1) is 15.6. The Labute approximate surface area is 190 Å². The summed E-state index contributed by atoms with van der Waals surface area (Å²) < 4.78 is 0. The Morgan fingerprint density at radius 1 is 1.03 bits per heavy atom. The van der Waals surface area contributed by atoms with Gasteiger partial charge in [-0.25, -0.2) is 9.97 Å². The average molecular weight is 430 g/mol. The number of fused-ring (bicyclic) bond motifs is 1. The lowest BCUT2D eigenvalue weighted by Crippen LogP contribution is -2.39. The van der Waals surface area contributed by atoms with Crippen LogP contribution < -0.4 is 5.32 Å². The second-order valence-electron chi connectivity index (χ2n) is 7.60. The number of anilines is 2. The minimum Gasteiger partial charge on any atom is -0.341 e. The molecule has 0 fully saturated rings. The van der Waals surface area contributed by atoms with Gasteiger partial charge in [0.1, 0.15) is 12.1 Å². The molecule has 1 N–H and O–H groups in total. The van der Waals surface area contributed by atoms with E-state index in [9.17, 15) is 4.79 Å². The normalized spacial score (nSPS) is 10.8. The van der Waals surface area contributed by atoms with Gasteiger partial charge in [-0.2, -0.15) is 0 Å². The van der Waals surface area contributed by atoms with Crippen molar-refractivity contribution in [3.63, 3.8) is 0 Å². The van der Waals surface area contributed by atoms with Crippen LogP contribution in [0.1, 0.15) is 31.9 Å². The lowest BCUT2D eigenvalue weighted by Gasteiger charge is -2.25. The van der Waals surface area contributed by atoms with E-state index in [1.165, 1.54) is 6.33 Å². The number of nitrogens with one attached hydrogen (secondary N) is 1. The molecule has 3 aromatic rings. The zero-order chi connectivity index (χ0) is 22.9. The number of benzene rings is 2. The van der Waals surface area contributed by atoms with Crippen molar-refractivity contribution in [2.24, 2.45) is 0 Å². The summed E-state index contributed by atoms with van der Waals surface area (Å²) in [6.07, 6.45) is 7.40. The van der Waals surface area contributed by atoms with Crippen LogP contribution in [-0.4, -0.2) is 58.4 Å². The number of terminal acetylenes is 1. The van der Waals surface area contributed by atoms with E-state index in [0.717, 1.165) is 53.9 Å². The van der Waals surface area contributed by atoms with Gasteiger partial charge in [0.15, 0.2) is 0 Å². The minimum atomic E-state index is 0.132. The van der Waals surface area contributed by atoms with Crippen LogP contribution in [-0.2, 0) is 11.2 Å². The second kappa shape index (κ2) is 11.3. The zero-order valence-electron chi connectivity index (χ0n) is 19.1. The molecular formula is C26H31N5O. The van der Waals surface area contributed by atoms with E-state index >= 15 is 0 Å². The first-order valence-corrected chi connectivity index (χ1v) is 11.1. The van der Waals surface area contributed by atoms with Gasteiger partial charge in [-0.05, 0) is 55.9 Å². The molecule has 0 spiro atoms. The van der Waals surface area contributed by atoms with Gasteiger partial charge in [-0.15, -0.1) is 6.42 Å². The largest absolute Gasteiger partial charge is 0.341 e. The molecule has 6 heteroatoms. The summed E-state index contributed by atoms with van der Waals surface area (Å²) in [6, 6.07) is 13.5. The Bertz CT molecular complexity index is 1100. The molecule has 32 heavy (non-hydrogen) atoms. The van der Waals surface area contributed by atoms with Crippen LogP contribution in [0.25, 0.3) is 10.9 Å². The predicted molar refractivity (Wildman–Crippen MR) is 131 cm³/mol. The lowest BCUT2D eigenvalue weighted by molar-refractivity contribution is -0.130. The van der Waals surface area contributed by atoms with E-state index in [-0.39, 0.29) is 5.91 Å². The van der Waals surface area contributed by atoms with E-state index in [2.05, 4.69) is 40.0 Å². The fourth-order valence-electron chi connectivity index (χ4n) is 3.68. The van der Waals surface area contributed by atoms with Crippen molar-refractivity contribution in [3.05, 3.63) is 59.9 Å². The Morgan fingerprint density at radius 2 is 1.84 bits per heavy atom. The highest BCUT2D eigenvalue weighted by atomic mass is 16.2. The van der Waals surface area contributed by atoms with Crippen LogP contribution in [0.4, 0.5) is 11.5 Å². The van der Waals surface area contributed by atoms with Crippen LogP contribution in [0, 0.1) is 12.3 Å². The highest BCUT2D eigenvalue weighted by Gasteiger charge is 2.14. The van der Waals surface area contributed by atoms with Crippen LogP contribution in [0.3, 0.4) is 0 Å². The Kier molecular flexibility index (Phi) is 8.18. The molecule has 0 saturated carbocycles. The maximum atomic E-state index is 13.0. The fraction of sp³-hybridized carbons (Fsp3) is 0.346. The number of hydrogen-bond acceptors (Lipinski definition) is 5. The van der Waals surface area contributed by atoms with Gasteiger partial charge in [0.2, 0.25) is 5.91 Å². The molecule has 0 unspecified atom stereocenters. The number of likely N-dealkylation sites (N-methyl/N-ethyl adjacent to an activating group) is 2. The Hall–Kier alpha value is -3.43. The summed E-state index contributed by atoms with van der Waals surface area (Å²) in [5.74, 6) is 3.46. The Morgan fingerprint density at radius 3 is 2.56 bits per heavy atom. The van der Waals surface area contributed by atoms with Gasteiger partial charge in [0.25, 0.3) is 0 Å². The summed E-state index contributed by atoms with van der Waals surface area (Å²) in [4.78, 5) is 26.0. The minimum absolute atomic E-state index is 0.132. The van der Waals surface area contributed by atoms with Gasteiger partial charge >= 0.3 is 0 Å². The van der Waals surface area contributed by atoms with Crippen LogP contribution >= 0.6 is 0 Å². The van der Waals surface area contributed by atoms with E-state index in [1.54, 1.807) is 0 Å². The molecule has 0 aliphatic heterocycles. The molecule has 1 heterocycles. The lowest BCUT2D eigenvalue weighted by atomic mass is 10.1. The number of amides is 1. The molecule has 2 aromatic carbocycles. The first kappa shape index (κ1) is 23.2. The highest BCUT2D eigenvalue weighted by Crippen LogP contribution is 2.25. The predicted octanol–water partition coefficient (Wildman–Crippen LogP) is 4.09. The quantitative estimate of drug-likeness (QED) is 0.492. The third kappa shape index (κ3) is 5.83. The van der Waals surface area contributed by atoms with Crippen LogP contribution in [0.2, 0.25) is 0 Å². The maximum Gasteiger partial charge on any atom is 0.227 e. The van der Waals surface area contributed by atoms with Gasteiger partial charge < -0.3 is 15.1 Å². The third-order valence-electron chi connectivity index (χ3n) is 5.66. The van der Waals surface area contributed by atoms with E-state index < -0.39 is 0 Å². The summed E-state index contributed by atoms with van der Waals surface area (Å²) in [5.41, 5.74) is 3.42. The molecular weight excluding hydrogens is 398 g/mol. The topological polar surface area (TPSA) is 61.4 Å². The third-order valence-corrected chi connectivity index (χ3v) is 5.66. The van der Waals surface area contributed by atoms with Crippen molar-refractivity contribution < 1.29 is 4.79 Å². The zero-order valence-corrected chi connectivity index (χ0v) is 19.1. The highest BCUT2D eigenvalue weighted by molar-refractivity contribution is 5.92. The molecule has 166 valence electrons. The molecule has 0 saturated heterocycles. The van der Waals surface area contributed by atoms with E-state index in [0.29, 0.717) is 18.8 Å². The fourth-order valence-corrected chi connectivity index (χ4v) is 3.68. The standard InChI is InChI=1S/C26H31N5O/c1-5-20-10-9-11-22(16-20)29-26-23-17-21(12-13-24(23)27-19-28-26)18-25(32)31(8-4)15-14-30(6-2)7-3/h1,9-13,16-17,19H,6-8,14-15,18H2,2-4H3,(H,27,28,29). The number of carbonyl (C=O) groups excluding carboxylic acids is 1. The Balaban J connectivity index is 1.78. The van der Waals surface area contributed by atoms with Gasteiger partial charge in [-0.3, -0.25) is 4.79 Å². The van der Waals surface area contributed by atoms with Crippen LogP contribution in [0.15, 0.2) is 48.8 Å². The van der Waals surface area contributed by atoms with E-state index in [4.69, 9.17) is 6.42 Å². The van der Waals surface area contributed by atoms with Crippen LogP contribution in [0.5, 0.6) is 0 Å². The molecule has 0 aliphatic carbocycles. The summed E-state index contributed by atoms with van der Waals surface area (Å²) >= 11 is 0. The van der Waals surface area contributed by atoms with Crippen molar-refractivity contribution in [3.8, 4) is 12.3 Å². The number of carbonyl (C=O) groups is 1. The van der Waals surface area contributed by atoms with Gasteiger partial charge in [0.05, 0.1) is 11.9 Å². The first-order valence-electron chi connectivity index (χ1n) is 11.1. The molecule has 1 aromatic heterocycles. The SMILES string of the molecule is C#Cc1cccc(Nc2ncnc3ccc(CC(=O)N(CC)CCN(CC)CC)cc23)c1. The smallest absolute Gasteiger partial charge is 0.227 e. The number of aromatic nitrogens is 2. The monoisotopic (exact) mass is 429 g/mol. The summed E-state index contributed by atoms with van der Waals surface area (Å²) in [7, 11) is 0. The van der Waals surface area contributed by atoms with Gasteiger partial charge in [0, 0.05) is 36.3 Å². The van der Waals surface area contributed by atoms with Gasteiger partial charge in [-0.1, -0.05) is 31.9 Å².